The minimum atomic E-state index is -1.37. The van der Waals surface area contributed by atoms with Crippen LogP contribution < -0.4 is 0 Å². The minimum Gasteiger partial charge on any atom is -0.394 e. The molecule has 1 fully saturated rings. The summed E-state index contributed by atoms with van der Waals surface area (Å²) in [4.78, 5) is 0. The van der Waals surface area contributed by atoms with Crippen molar-refractivity contribution in [3.05, 3.63) is 0 Å². The second-order valence-electron chi connectivity index (χ2n) is 5.06. The van der Waals surface area contributed by atoms with Crippen molar-refractivity contribution in [2.24, 2.45) is 0 Å². The Labute approximate surface area is 125 Å². The summed E-state index contributed by atoms with van der Waals surface area (Å²) in [5.74, 6) is 0.904. The Morgan fingerprint density at radius 2 is 1.55 bits per heavy atom. The van der Waals surface area contributed by atoms with Crippen molar-refractivity contribution in [1.82, 2.24) is 0 Å². The highest BCUT2D eigenvalue weighted by Crippen LogP contribution is 2.22. The molecule has 0 aromatic rings. The monoisotopic (exact) mass is 310 g/mol. The average molecular weight is 310 g/mol. The summed E-state index contributed by atoms with van der Waals surface area (Å²) in [6, 6.07) is 0. The van der Waals surface area contributed by atoms with Gasteiger partial charge in [-0.15, -0.1) is 0 Å². The number of ether oxygens (including phenoxy) is 2. The largest absolute Gasteiger partial charge is 0.394 e. The highest BCUT2D eigenvalue weighted by molar-refractivity contribution is 7.80. The summed E-state index contributed by atoms with van der Waals surface area (Å²) in [5.41, 5.74) is 0. The molecule has 1 rings (SSSR count). The van der Waals surface area contributed by atoms with Gasteiger partial charge in [-0.1, -0.05) is 19.3 Å². The average Bonchev–Trinajstić information content (AvgIpc) is 2.46. The number of thiol groups is 1. The van der Waals surface area contributed by atoms with Gasteiger partial charge < -0.3 is 29.9 Å². The zero-order valence-corrected chi connectivity index (χ0v) is 12.5. The third-order valence-electron chi connectivity index (χ3n) is 3.43. The van der Waals surface area contributed by atoms with E-state index in [1.807, 2.05) is 0 Å². The van der Waals surface area contributed by atoms with Gasteiger partial charge in [0.05, 0.1) is 6.61 Å². The van der Waals surface area contributed by atoms with Crippen molar-refractivity contribution in [3.8, 4) is 0 Å². The normalized spacial score (nSPS) is 34.4. The first-order valence-corrected chi connectivity index (χ1v) is 7.78. The zero-order chi connectivity index (χ0) is 15.0. The predicted octanol–water partition coefficient (Wildman–Crippen LogP) is -0.317. The van der Waals surface area contributed by atoms with E-state index in [1.165, 1.54) is 0 Å². The molecule has 0 spiro atoms. The van der Waals surface area contributed by atoms with E-state index >= 15 is 0 Å². The van der Waals surface area contributed by atoms with Gasteiger partial charge >= 0.3 is 0 Å². The van der Waals surface area contributed by atoms with Crippen molar-refractivity contribution in [2.45, 2.75) is 62.8 Å². The summed E-state index contributed by atoms with van der Waals surface area (Å²) in [6.45, 7) is -0.0297. The molecule has 20 heavy (non-hydrogen) atoms. The number of aliphatic hydroxyl groups is 4. The van der Waals surface area contributed by atoms with Crippen LogP contribution in [-0.2, 0) is 9.47 Å². The summed E-state index contributed by atoms with van der Waals surface area (Å²) in [5, 5.41) is 38.0. The maximum absolute atomic E-state index is 9.74. The second-order valence-corrected chi connectivity index (χ2v) is 5.51. The molecule has 7 heteroatoms. The van der Waals surface area contributed by atoms with Crippen LogP contribution in [0.25, 0.3) is 0 Å². The molecule has 0 bridgehead atoms. The third kappa shape index (κ3) is 5.48. The van der Waals surface area contributed by atoms with Gasteiger partial charge in [-0.25, -0.2) is 0 Å². The van der Waals surface area contributed by atoms with Gasteiger partial charge in [-0.2, -0.15) is 12.6 Å². The van der Waals surface area contributed by atoms with Crippen molar-refractivity contribution in [2.75, 3.05) is 19.0 Å². The lowest BCUT2D eigenvalue weighted by Gasteiger charge is -2.39. The summed E-state index contributed by atoms with van der Waals surface area (Å²) in [7, 11) is 0. The fourth-order valence-electron chi connectivity index (χ4n) is 2.15. The topological polar surface area (TPSA) is 99.4 Å². The van der Waals surface area contributed by atoms with Crippen molar-refractivity contribution in [1.29, 1.82) is 0 Å². The quantitative estimate of drug-likeness (QED) is 0.296. The van der Waals surface area contributed by atoms with Gasteiger partial charge in [0.2, 0.25) is 0 Å². The van der Waals surface area contributed by atoms with Gasteiger partial charge in [0, 0.05) is 6.61 Å². The van der Waals surface area contributed by atoms with Gasteiger partial charge in [-0.05, 0) is 18.6 Å². The van der Waals surface area contributed by atoms with E-state index in [2.05, 4.69) is 12.6 Å². The van der Waals surface area contributed by atoms with E-state index in [4.69, 9.17) is 14.6 Å². The smallest absolute Gasteiger partial charge is 0.186 e. The number of unbranched alkanes of at least 4 members (excludes halogenated alkanes) is 4. The fraction of sp³-hybridized carbons (Fsp3) is 1.00. The first-order chi connectivity index (χ1) is 9.61. The molecule has 6 nitrogen and oxygen atoms in total. The lowest BCUT2D eigenvalue weighted by molar-refractivity contribution is -0.301. The first kappa shape index (κ1) is 18.2. The standard InChI is InChI=1S/C13H26O6S/c14-8-9-10(15)11(16)12(17)13(19-9)18-6-4-2-1-3-5-7-20/h9-17,20H,1-8H2/t9?,10-,11-,12?,13+/m0/s1. The highest BCUT2D eigenvalue weighted by Gasteiger charge is 2.43. The molecule has 4 N–H and O–H groups in total. The molecule has 5 atom stereocenters. The summed E-state index contributed by atoms with van der Waals surface area (Å²) < 4.78 is 10.6. The molecule has 0 aliphatic carbocycles. The Kier molecular flexibility index (Phi) is 9.03. The van der Waals surface area contributed by atoms with Crippen molar-refractivity contribution >= 4 is 12.6 Å². The van der Waals surface area contributed by atoms with Gasteiger partial charge in [-0.3, -0.25) is 0 Å². The molecule has 1 aliphatic rings. The van der Waals surface area contributed by atoms with Crippen LogP contribution in [0.4, 0.5) is 0 Å². The predicted molar refractivity (Wildman–Crippen MR) is 76.7 cm³/mol. The summed E-state index contributed by atoms with van der Waals surface area (Å²) >= 11 is 4.14. The Balaban J connectivity index is 2.21. The maximum Gasteiger partial charge on any atom is 0.186 e. The van der Waals surface area contributed by atoms with Crippen LogP contribution in [0.2, 0.25) is 0 Å². The fourth-order valence-corrected chi connectivity index (χ4v) is 2.37. The lowest BCUT2D eigenvalue weighted by atomic mass is 9.99. The Bertz CT molecular complexity index is 253. The van der Waals surface area contributed by atoms with Crippen LogP contribution in [-0.4, -0.2) is 70.1 Å². The van der Waals surface area contributed by atoms with Crippen LogP contribution in [0, 0.1) is 0 Å². The minimum absolute atomic E-state index is 0.406. The van der Waals surface area contributed by atoms with Gasteiger partial charge in [0.15, 0.2) is 6.29 Å². The van der Waals surface area contributed by atoms with E-state index in [1.54, 1.807) is 0 Å². The van der Waals surface area contributed by atoms with E-state index in [0.717, 1.165) is 37.9 Å². The van der Waals surface area contributed by atoms with Crippen LogP contribution >= 0.6 is 12.6 Å². The van der Waals surface area contributed by atoms with E-state index in [9.17, 15) is 15.3 Å². The molecule has 1 heterocycles. The second kappa shape index (κ2) is 9.94. The zero-order valence-electron chi connectivity index (χ0n) is 11.6. The number of rotatable bonds is 9. The highest BCUT2D eigenvalue weighted by atomic mass is 32.1. The molecule has 0 aromatic carbocycles. The van der Waals surface area contributed by atoms with Gasteiger partial charge in [0.1, 0.15) is 24.4 Å². The van der Waals surface area contributed by atoms with E-state index in [-0.39, 0.29) is 0 Å². The molecule has 0 saturated carbocycles. The molecule has 0 radical (unpaired) electrons. The number of hydrogen-bond donors (Lipinski definition) is 5. The van der Waals surface area contributed by atoms with Crippen LogP contribution in [0.3, 0.4) is 0 Å². The Hall–Kier alpha value is 0.110. The molecule has 0 aromatic heterocycles. The van der Waals surface area contributed by atoms with Crippen molar-refractivity contribution in [3.63, 3.8) is 0 Å². The van der Waals surface area contributed by atoms with Crippen molar-refractivity contribution < 1.29 is 29.9 Å². The van der Waals surface area contributed by atoms with E-state index in [0.29, 0.717) is 6.61 Å². The van der Waals surface area contributed by atoms with Gasteiger partial charge in [0.25, 0.3) is 0 Å². The molecule has 0 amide bonds. The molecule has 2 unspecified atom stereocenters. The number of hydrogen-bond acceptors (Lipinski definition) is 7. The van der Waals surface area contributed by atoms with Crippen LogP contribution in [0.5, 0.6) is 0 Å². The number of aliphatic hydroxyl groups excluding tert-OH is 4. The van der Waals surface area contributed by atoms with Crippen LogP contribution in [0.15, 0.2) is 0 Å². The molecular formula is C13H26O6S. The molecular weight excluding hydrogens is 284 g/mol. The molecule has 1 aliphatic heterocycles. The third-order valence-corrected chi connectivity index (χ3v) is 3.75. The lowest BCUT2D eigenvalue weighted by Crippen LogP contribution is -2.59. The SMILES string of the molecule is OCC1O[C@@H](OCCCCCCCS)C(O)[C@@H](O)[C@H]1O. The first-order valence-electron chi connectivity index (χ1n) is 7.14. The Morgan fingerprint density at radius 3 is 2.20 bits per heavy atom. The molecule has 1 saturated heterocycles. The van der Waals surface area contributed by atoms with Crippen LogP contribution in [0.1, 0.15) is 32.1 Å². The summed E-state index contributed by atoms with van der Waals surface area (Å²) in [6.07, 6.45) is -0.725. The molecule has 120 valence electrons. The Morgan fingerprint density at radius 1 is 0.900 bits per heavy atom. The van der Waals surface area contributed by atoms with E-state index < -0.39 is 37.3 Å². The maximum atomic E-state index is 9.74.